The molecular formula is C27H19N7O. The summed E-state index contributed by atoms with van der Waals surface area (Å²) < 4.78 is 1.81. The Kier molecular flexibility index (Phi) is 3.49. The highest BCUT2D eigenvalue weighted by Crippen LogP contribution is 2.42. The number of hydrogen-bond donors (Lipinski definition) is 1. The number of anilines is 2. The first-order valence-corrected chi connectivity index (χ1v) is 11.8. The number of aryl methyl sites for hydroxylation is 1. The van der Waals surface area contributed by atoms with Gasteiger partial charge >= 0.3 is 0 Å². The second kappa shape index (κ2) is 6.50. The van der Waals surface area contributed by atoms with Crippen molar-refractivity contribution in [2.75, 3.05) is 16.8 Å². The maximum absolute atomic E-state index is 13.8. The van der Waals surface area contributed by atoms with E-state index in [0.29, 0.717) is 17.1 Å². The summed E-state index contributed by atoms with van der Waals surface area (Å²) in [5.74, 6) is 0.262. The lowest BCUT2D eigenvalue weighted by Gasteiger charge is -2.34. The van der Waals surface area contributed by atoms with Crippen molar-refractivity contribution in [2.45, 2.75) is 18.5 Å². The van der Waals surface area contributed by atoms with E-state index in [0.717, 1.165) is 53.3 Å². The number of rotatable bonds is 0. The van der Waals surface area contributed by atoms with Crippen LogP contribution in [0.2, 0.25) is 0 Å². The highest BCUT2D eigenvalue weighted by atomic mass is 16.2. The maximum atomic E-state index is 13.8. The molecule has 1 aromatic heterocycles. The molecule has 1 N–H and O–H groups in total. The fraction of sp³-hybridized carbons (Fsp3) is 0.148. The average Bonchev–Trinajstić information content (AvgIpc) is 3.52. The third-order valence-corrected chi connectivity index (χ3v) is 7.23. The molecule has 0 fully saturated rings. The molecule has 0 radical (unpaired) electrons. The number of carbonyl (C=O) groups is 1. The number of guanidine groups is 1. The summed E-state index contributed by atoms with van der Waals surface area (Å²) in [6.45, 7) is 0.770. The lowest BCUT2D eigenvalue weighted by atomic mass is 10.00. The molecule has 1 atom stereocenters. The molecule has 0 unspecified atom stereocenters. The maximum Gasteiger partial charge on any atom is 0.278 e. The number of carbonyl (C=O) groups excluding carboxylic acids is 1. The summed E-state index contributed by atoms with van der Waals surface area (Å²) >= 11 is 0. The van der Waals surface area contributed by atoms with Crippen LogP contribution in [0, 0.1) is 0 Å². The van der Waals surface area contributed by atoms with Crippen LogP contribution in [-0.4, -0.2) is 28.0 Å². The van der Waals surface area contributed by atoms with Gasteiger partial charge in [0.15, 0.2) is 5.49 Å². The summed E-state index contributed by atoms with van der Waals surface area (Å²) in [4.78, 5) is 35.8. The van der Waals surface area contributed by atoms with Gasteiger partial charge < -0.3 is 10.2 Å². The standard InChI is InChI=1S/C27H19N7O/c35-24-27(18-11-3-5-13-20(18)29-24)32-26(33-15-7-9-16-8-1-6-14-21(16)33)31-25-30-22-17-10-2-4-12-19(17)28-23(22)34(25)27/h1-6,8,10-14H,7,9,15H2,(H,29,35)/t27-/m0/s1. The zero-order valence-electron chi connectivity index (χ0n) is 18.6. The van der Waals surface area contributed by atoms with E-state index >= 15 is 0 Å². The molecule has 0 saturated heterocycles. The van der Waals surface area contributed by atoms with Gasteiger partial charge in [-0.05, 0) is 36.6 Å². The summed E-state index contributed by atoms with van der Waals surface area (Å²) in [6.07, 6.45) is 1.99. The number of aliphatic imine (C=N–C) groups is 1. The number of nitrogens with zero attached hydrogens (tertiary/aromatic N) is 6. The van der Waals surface area contributed by atoms with Gasteiger partial charge in [0.05, 0.1) is 5.69 Å². The first-order chi connectivity index (χ1) is 17.2. The van der Waals surface area contributed by atoms with Crippen LogP contribution in [-0.2, 0) is 16.9 Å². The lowest BCUT2D eigenvalue weighted by Crippen LogP contribution is -2.54. The molecule has 5 heterocycles. The number of benzene rings is 3. The highest BCUT2D eigenvalue weighted by molar-refractivity contribution is 6.09. The molecule has 4 aliphatic rings. The Morgan fingerprint density at radius 2 is 1.74 bits per heavy atom. The smallest absolute Gasteiger partial charge is 0.278 e. The van der Waals surface area contributed by atoms with Crippen molar-refractivity contribution >= 4 is 28.9 Å². The molecule has 168 valence electrons. The van der Waals surface area contributed by atoms with E-state index in [1.54, 1.807) is 0 Å². The van der Waals surface area contributed by atoms with Crippen LogP contribution >= 0.6 is 0 Å². The summed E-state index contributed by atoms with van der Waals surface area (Å²) in [5, 5.41) is 3.05. The minimum absolute atomic E-state index is 0.232. The van der Waals surface area contributed by atoms with E-state index in [1.165, 1.54) is 5.56 Å². The van der Waals surface area contributed by atoms with Crippen LogP contribution in [0.15, 0.2) is 87.8 Å². The predicted octanol–water partition coefficient (Wildman–Crippen LogP) is 2.91. The minimum Gasteiger partial charge on any atom is -0.322 e. The van der Waals surface area contributed by atoms with Gasteiger partial charge in [-0.25, -0.2) is 15.0 Å². The van der Waals surface area contributed by atoms with Gasteiger partial charge in [0.1, 0.15) is 5.69 Å². The first kappa shape index (κ1) is 18.8. The Labute approximate surface area is 200 Å². The molecule has 8 nitrogen and oxygen atoms in total. The van der Waals surface area contributed by atoms with Crippen molar-refractivity contribution in [1.82, 2.24) is 9.55 Å². The molecule has 8 rings (SSSR count). The third-order valence-electron chi connectivity index (χ3n) is 7.23. The van der Waals surface area contributed by atoms with E-state index in [2.05, 4.69) is 28.4 Å². The number of para-hydroxylation sites is 3. The van der Waals surface area contributed by atoms with Gasteiger partial charge in [-0.2, -0.15) is 4.99 Å². The largest absolute Gasteiger partial charge is 0.322 e. The van der Waals surface area contributed by atoms with Gasteiger partial charge in [-0.15, -0.1) is 0 Å². The van der Waals surface area contributed by atoms with Crippen molar-refractivity contribution in [3.8, 4) is 11.3 Å². The molecular weight excluding hydrogens is 438 g/mol. The van der Waals surface area contributed by atoms with Crippen molar-refractivity contribution < 1.29 is 4.79 Å². The van der Waals surface area contributed by atoms with Gasteiger partial charge in [0.25, 0.3) is 11.6 Å². The Morgan fingerprint density at radius 1 is 0.914 bits per heavy atom. The van der Waals surface area contributed by atoms with E-state index in [9.17, 15) is 4.79 Å². The topological polar surface area (TPSA) is 87.2 Å². The number of fused-ring (bicyclic) bond motifs is 9. The SMILES string of the molecule is O=C1Nc2ccccc2[C@@]12N=C(N1CCCc3ccccc31)N=c1nc3c(n12)=Nc1ccccc1-3. The molecule has 3 aromatic carbocycles. The number of aromatic nitrogens is 2. The molecule has 1 spiro atoms. The molecule has 4 aromatic rings. The molecule has 4 aliphatic heterocycles. The highest BCUT2D eigenvalue weighted by Gasteiger charge is 2.53. The molecule has 0 bridgehead atoms. The van der Waals surface area contributed by atoms with Crippen molar-refractivity contribution in [1.29, 1.82) is 0 Å². The van der Waals surface area contributed by atoms with E-state index in [1.807, 2.05) is 59.2 Å². The summed E-state index contributed by atoms with van der Waals surface area (Å²) in [5.41, 5.74) is 6.02. The summed E-state index contributed by atoms with van der Waals surface area (Å²) in [7, 11) is 0. The predicted molar refractivity (Wildman–Crippen MR) is 131 cm³/mol. The summed E-state index contributed by atoms with van der Waals surface area (Å²) in [6, 6.07) is 23.9. The van der Waals surface area contributed by atoms with Crippen LogP contribution in [0.5, 0.6) is 0 Å². The van der Waals surface area contributed by atoms with E-state index in [4.69, 9.17) is 20.0 Å². The second-order valence-corrected chi connectivity index (χ2v) is 9.13. The van der Waals surface area contributed by atoms with Crippen LogP contribution in [0.4, 0.5) is 17.1 Å². The molecule has 0 saturated carbocycles. The monoisotopic (exact) mass is 457 g/mol. The second-order valence-electron chi connectivity index (χ2n) is 9.13. The number of amides is 1. The van der Waals surface area contributed by atoms with Crippen LogP contribution in [0.25, 0.3) is 11.3 Å². The Hall–Kier alpha value is -4.59. The zero-order chi connectivity index (χ0) is 23.1. The van der Waals surface area contributed by atoms with Crippen molar-refractivity contribution in [2.24, 2.45) is 15.0 Å². The van der Waals surface area contributed by atoms with Gasteiger partial charge in [-0.3, -0.25) is 9.36 Å². The molecule has 0 aliphatic carbocycles. The Morgan fingerprint density at radius 3 is 2.71 bits per heavy atom. The zero-order valence-corrected chi connectivity index (χ0v) is 18.6. The Balaban J connectivity index is 1.45. The van der Waals surface area contributed by atoms with E-state index < -0.39 is 5.66 Å². The third kappa shape index (κ3) is 2.33. The van der Waals surface area contributed by atoms with Gasteiger partial charge in [0.2, 0.25) is 11.6 Å². The van der Waals surface area contributed by atoms with Gasteiger partial charge in [-0.1, -0.05) is 54.6 Å². The number of nitrogens with one attached hydrogen (secondary N) is 1. The average molecular weight is 457 g/mol. The van der Waals surface area contributed by atoms with Crippen molar-refractivity contribution in [3.63, 3.8) is 0 Å². The lowest BCUT2D eigenvalue weighted by molar-refractivity contribution is -0.121. The fourth-order valence-corrected chi connectivity index (χ4v) is 5.67. The molecule has 35 heavy (non-hydrogen) atoms. The van der Waals surface area contributed by atoms with Crippen molar-refractivity contribution in [3.05, 3.63) is 95.0 Å². The minimum atomic E-state index is -1.37. The normalized spacial score (nSPS) is 20.6. The van der Waals surface area contributed by atoms with E-state index in [-0.39, 0.29) is 5.91 Å². The molecule has 8 heteroatoms. The quantitative estimate of drug-likeness (QED) is 0.388. The fourth-order valence-electron chi connectivity index (χ4n) is 5.67. The van der Waals surface area contributed by atoms with Gasteiger partial charge in [0, 0.05) is 29.0 Å². The van der Waals surface area contributed by atoms with Crippen LogP contribution < -0.4 is 21.3 Å². The van der Waals surface area contributed by atoms with Crippen LogP contribution in [0.3, 0.4) is 0 Å². The van der Waals surface area contributed by atoms with Crippen LogP contribution in [0.1, 0.15) is 17.5 Å². The Bertz CT molecular complexity index is 1750. The first-order valence-electron chi connectivity index (χ1n) is 11.8. The molecule has 1 amide bonds. The number of hydrogen-bond acceptors (Lipinski definition) is 6. The number of imidazole rings is 1.